The van der Waals surface area contributed by atoms with Crippen molar-refractivity contribution in [2.45, 2.75) is 5.44 Å². The number of rotatable bonds is 2. The van der Waals surface area contributed by atoms with E-state index >= 15 is 0 Å². The zero-order chi connectivity index (χ0) is 9.14. The number of hydrogen-bond acceptors (Lipinski definition) is 5. The lowest BCUT2D eigenvalue weighted by Crippen LogP contribution is -2.03. The van der Waals surface area contributed by atoms with E-state index in [1.54, 1.807) is 0 Å². The van der Waals surface area contributed by atoms with E-state index in [-0.39, 0.29) is 5.03 Å². The minimum Gasteiger partial charge on any atom is -0.365 e. The van der Waals surface area contributed by atoms with Gasteiger partial charge in [-0.2, -0.15) is 0 Å². The van der Waals surface area contributed by atoms with Crippen molar-refractivity contribution < 1.29 is 9.66 Å². The lowest BCUT2D eigenvalue weighted by Gasteiger charge is -2.03. The molecule has 0 amide bonds. The van der Waals surface area contributed by atoms with Gasteiger partial charge in [-0.3, -0.25) is 15.5 Å². The Kier molecular flexibility index (Phi) is 2.65. The smallest absolute Gasteiger partial charge is 0.307 e. The third-order valence-corrected chi connectivity index (χ3v) is 2.47. The van der Waals surface area contributed by atoms with E-state index in [9.17, 15) is 10.1 Å². The molecule has 1 N–H and O–H groups in total. The Morgan fingerprint density at radius 1 is 1.92 bits per heavy atom. The maximum atomic E-state index is 10.3. The summed E-state index contributed by atoms with van der Waals surface area (Å²) in [5.74, 6) is 2.09. The van der Waals surface area contributed by atoms with Crippen molar-refractivity contribution in [3.63, 3.8) is 0 Å². The summed E-state index contributed by atoms with van der Waals surface area (Å²) >= 11 is 0.972. The van der Waals surface area contributed by atoms with Crippen molar-refractivity contribution in [1.82, 2.24) is 0 Å². The van der Waals surface area contributed by atoms with Crippen LogP contribution in [0.1, 0.15) is 0 Å². The van der Waals surface area contributed by atoms with E-state index < -0.39 is 10.4 Å². The lowest BCUT2D eigenvalue weighted by atomic mass is 10.3. The second-order valence-electron chi connectivity index (χ2n) is 2.01. The maximum Gasteiger partial charge on any atom is 0.307 e. The number of methoxy groups -OCH3 is 1. The Hall–Kier alpha value is -1.10. The van der Waals surface area contributed by atoms with E-state index in [1.165, 1.54) is 13.2 Å². The normalized spacial score (nSPS) is 21.9. The molecule has 0 aromatic carbocycles. The van der Waals surface area contributed by atoms with Gasteiger partial charge in [0, 0.05) is 13.2 Å². The van der Waals surface area contributed by atoms with Gasteiger partial charge < -0.3 is 4.74 Å². The van der Waals surface area contributed by atoms with Gasteiger partial charge in [-0.1, -0.05) is 0 Å². The Balaban J connectivity index is 2.89. The van der Waals surface area contributed by atoms with E-state index in [2.05, 4.69) is 5.87 Å². The zero-order valence-electron chi connectivity index (χ0n) is 6.23. The van der Waals surface area contributed by atoms with Crippen LogP contribution in [-0.2, 0) is 4.74 Å². The van der Waals surface area contributed by atoms with E-state index in [0.29, 0.717) is 5.57 Å². The molecule has 1 heterocycles. The fourth-order valence-corrected chi connectivity index (χ4v) is 1.62. The van der Waals surface area contributed by atoms with Gasteiger partial charge in [0.1, 0.15) is 5.44 Å². The highest BCUT2D eigenvalue weighted by atomic mass is 32.2. The van der Waals surface area contributed by atoms with Gasteiger partial charge in [0.25, 0.3) is 0 Å². The summed E-state index contributed by atoms with van der Waals surface area (Å²) in [6.45, 7) is 0. The SMILES string of the molecule is CO[C@@H]1SC([N+](=O)[O-])=CC1=C=N. The molecule has 0 saturated heterocycles. The van der Waals surface area contributed by atoms with E-state index in [0.717, 1.165) is 11.8 Å². The Labute approximate surface area is 72.8 Å². The number of hydrogen-bond donors (Lipinski definition) is 1. The van der Waals surface area contributed by atoms with Crippen LogP contribution in [0.3, 0.4) is 0 Å². The van der Waals surface area contributed by atoms with E-state index in [1.807, 2.05) is 0 Å². The molecule has 1 rings (SSSR count). The van der Waals surface area contributed by atoms with Gasteiger partial charge in [0.2, 0.25) is 0 Å². The van der Waals surface area contributed by atoms with Gasteiger partial charge in [0.15, 0.2) is 0 Å². The zero-order valence-corrected chi connectivity index (χ0v) is 7.05. The highest BCUT2D eigenvalue weighted by Gasteiger charge is 2.30. The highest BCUT2D eigenvalue weighted by molar-refractivity contribution is 8.03. The average molecular weight is 186 g/mol. The van der Waals surface area contributed by atoms with Crippen molar-refractivity contribution >= 4 is 17.6 Å². The van der Waals surface area contributed by atoms with Gasteiger partial charge in [-0.15, -0.1) is 0 Å². The first kappa shape index (κ1) is 8.99. The molecule has 0 aromatic rings. The molecule has 64 valence electrons. The molecule has 5 nitrogen and oxygen atoms in total. The number of nitro groups is 1. The van der Waals surface area contributed by atoms with Crippen molar-refractivity contribution in [2.24, 2.45) is 0 Å². The van der Waals surface area contributed by atoms with Gasteiger partial charge in [-0.05, 0) is 17.6 Å². The number of nitrogens with zero attached hydrogens (tertiary/aromatic N) is 1. The molecule has 6 heteroatoms. The molecule has 0 saturated carbocycles. The van der Waals surface area contributed by atoms with E-state index in [4.69, 9.17) is 10.1 Å². The van der Waals surface area contributed by atoms with Gasteiger partial charge >= 0.3 is 5.03 Å². The number of ether oxygens (including phenoxy) is 1. The van der Waals surface area contributed by atoms with Crippen molar-refractivity contribution in [1.29, 1.82) is 5.41 Å². The van der Waals surface area contributed by atoms with Crippen molar-refractivity contribution in [2.75, 3.05) is 7.11 Å². The molecule has 12 heavy (non-hydrogen) atoms. The van der Waals surface area contributed by atoms with Crippen molar-refractivity contribution in [3.8, 4) is 0 Å². The summed E-state index contributed by atoms with van der Waals surface area (Å²) in [6, 6.07) is 0. The Bertz CT molecular complexity index is 293. The van der Waals surface area contributed by atoms with Crippen LogP contribution in [0.25, 0.3) is 0 Å². The minimum absolute atomic E-state index is 0.00315. The van der Waals surface area contributed by atoms with Crippen LogP contribution in [0.4, 0.5) is 0 Å². The molecule has 1 atom stereocenters. The number of thioether (sulfide) groups is 1. The predicted octanol–water partition coefficient (Wildman–Crippen LogP) is 0.999. The molecule has 0 fully saturated rings. The Morgan fingerprint density at radius 2 is 2.58 bits per heavy atom. The first-order valence-corrected chi connectivity index (χ1v) is 3.92. The fourth-order valence-electron chi connectivity index (χ4n) is 0.774. The standard InChI is InChI=1S/C6H6N2O3S/c1-11-6-4(3-7)2-5(12-6)8(9)10/h2,6-7H,1H3/t6-/m1/s1. The summed E-state index contributed by atoms with van der Waals surface area (Å²) < 4.78 is 4.88. The second kappa shape index (κ2) is 3.53. The molecule has 0 aliphatic carbocycles. The topological polar surface area (TPSA) is 76.2 Å². The third kappa shape index (κ3) is 1.55. The molecule has 1 aliphatic heterocycles. The maximum absolute atomic E-state index is 10.3. The number of nitrogens with one attached hydrogen (secondary N) is 1. The fraction of sp³-hybridized carbons (Fsp3) is 0.333. The molecule has 0 aromatic heterocycles. The predicted molar refractivity (Wildman–Crippen MR) is 44.7 cm³/mol. The van der Waals surface area contributed by atoms with Gasteiger partial charge in [0.05, 0.1) is 10.5 Å². The molecular weight excluding hydrogens is 180 g/mol. The third-order valence-electron chi connectivity index (χ3n) is 1.30. The molecule has 0 unspecified atom stereocenters. The van der Waals surface area contributed by atoms with Crippen LogP contribution in [0.15, 0.2) is 16.7 Å². The summed E-state index contributed by atoms with van der Waals surface area (Å²) in [6.07, 6.45) is 1.30. The van der Waals surface area contributed by atoms with Crippen LogP contribution in [0.2, 0.25) is 0 Å². The summed E-state index contributed by atoms with van der Waals surface area (Å²) in [4.78, 5) is 9.78. The van der Waals surface area contributed by atoms with Crippen LogP contribution < -0.4 is 0 Å². The quantitative estimate of drug-likeness (QED) is 0.396. The van der Waals surface area contributed by atoms with Crippen LogP contribution in [0.5, 0.6) is 0 Å². The molecule has 0 radical (unpaired) electrons. The Morgan fingerprint density at radius 3 is 2.92 bits per heavy atom. The summed E-state index contributed by atoms with van der Waals surface area (Å²) in [5.41, 5.74) is -0.0582. The minimum atomic E-state index is -0.499. The summed E-state index contributed by atoms with van der Waals surface area (Å²) in [7, 11) is 1.44. The first-order valence-electron chi connectivity index (χ1n) is 3.04. The molecule has 0 spiro atoms. The average Bonchev–Trinajstić information content (AvgIpc) is 2.46. The van der Waals surface area contributed by atoms with Crippen LogP contribution in [-0.4, -0.2) is 23.3 Å². The van der Waals surface area contributed by atoms with Crippen molar-refractivity contribution in [3.05, 3.63) is 26.8 Å². The monoisotopic (exact) mass is 186 g/mol. The van der Waals surface area contributed by atoms with Crippen LogP contribution in [0, 0.1) is 15.5 Å². The lowest BCUT2D eigenvalue weighted by molar-refractivity contribution is -0.410. The van der Waals surface area contributed by atoms with Crippen LogP contribution >= 0.6 is 11.8 Å². The second-order valence-corrected chi connectivity index (χ2v) is 3.09. The van der Waals surface area contributed by atoms with Gasteiger partial charge in [-0.25, -0.2) is 0 Å². The molecule has 1 aliphatic rings. The largest absolute Gasteiger partial charge is 0.365 e. The first-order chi connectivity index (χ1) is 5.69. The molecule has 0 bridgehead atoms. The summed E-state index contributed by atoms with van der Waals surface area (Å²) in [5, 5.41) is 17.1. The highest BCUT2D eigenvalue weighted by Crippen LogP contribution is 2.35. The molecular formula is C6H6N2O3S.